The van der Waals surface area contributed by atoms with E-state index in [2.05, 4.69) is 111 Å². The molecule has 9 rings (SSSR count). The minimum atomic E-state index is -2.60. The van der Waals surface area contributed by atoms with Crippen molar-refractivity contribution in [3.8, 4) is 28.3 Å². The number of hydrogen-bond donors (Lipinski definition) is 0. The molecule has 0 amide bonds. The normalized spacial score (nSPS) is 13.5. The maximum Gasteiger partial charge on any atom is 0.121 e. The first kappa shape index (κ1) is 30.0. The van der Waals surface area contributed by atoms with Crippen LogP contribution in [0.2, 0.25) is 0 Å². The fourth-order valence-electron chi connectivity index (χ4n) is 7.15. The SMILES string of the molecule is Cc1cc(C(C)C)c(-n2c(-c3[c-]cccc3)nc3ccccc32)c(C(C)C)c1.[2H]C([2H])([2H])c1cnc(-c2[c-]ccc3c2oc2cc4ccccc4cc23)cc1C([2H])([2H])[2H].[Ir]. The Morgan fingerprint density at radius 1 is 0.722 bits per heavy atom. The second-order valence-corrected chi connectivity index (χ2v) is 14.1. The van der Waals surface area contributed by atoms with Crippen molar-refractivity contribution in [3.63, 3.8) is 0 Å². The largest absolute Gasteiger partial charge is 0.501 e. The molecule has 0 spiro atoms. The van der Waals surface area contributed by atoms with Crippen molar-refractivity contribution in [2.45, 2.75) is 60.2 Å². The second kappa shape index (κ2) is 15.2. The topological polar surface area (TPSA) is 43.9 Å². The average Bonchev–Trinajstić information content (AvgIpc) is 3.77. The molecular formula is C49H43IrN3O-2. The van der Waals surface area contributed by atoms with Crippen LogP contribution < -0.4 is 0 Å². The van der Waals surface area contributed by atoms with Crippen molar-refractivity contribution in [3.05, 3.63) is 161 Å². The number of aromatic nitrogens is 3. The summed E-state index contributed by atoms with van der Waals surface area (Å²) in [5.74, 6) is 1.79. The molecule has 0 unspecified atom stereocenters. The molecule has 0 fully saturated rings. The summed E-state index contributed by atoms with van der Waals surface area (Å²) in [6, 6.07) is 44.6. The van der Waals surface area contributed by atoms with E-state index < -0.39 is 13.7 Å². The van der Waals surface area contributed by atoms with Crippen molar-refractivity contribution < 1.29 is 32.7 Å². The van der Waals surface area contributed by atoms with E-state index >= 15 is 0 Å². The molecule has 6 aromatic carbocycles. The van der Waals surface area contributed by atoms with Crippen LogP contribution in [-0.4, -0.2) is 14.5 Å². The first-order chi connectivity index (χ1) is 28.1. The summed E-state index contributed by atoms with van der Waals surface area (Å²) in [6.45, 7) is 6.11. The number of furan rings is 1. The summed E-state index contributed by atoms with van der Waals surface area (Å²) < 4.78 is 54.9. The zero-order valence-electron chi connectivity index (χ0n) is 36.8. The van der Waals surface area contributed by atoms with E-state index in [9.17, 15) is 0 Å². The number of fused-ring (bicyclic) bond motifs is 5. The minimum Gasteiger partial charge on any atom is -0.501 e. The summed E-state index contributed by atoms with van der Waals surface area (Å²) in [6.07, 6.45) is 1.12. The molecular weight excluding hydrogens is 839 g/mol. The van der Waals surface area contributed by atoms with Crippen molar-refractivity contribution in [1.29, 1.82) is 0 Å². The van der Waals surface area contributed by atoms with Gasteiger partial charge < -0.3 is 14.0 Å². The van der Waals surface area contributed by atoms with Gasteiger partial charge >= 0.3 is 0 Å². The number of rotatable bonds is 5. The van der Waals surface area contributed by atoms with Crippen LogP contribution in [0.4, 0.5) is 0 Å². The molecule has 3 heterocycles. The first-order valence-corrected chi connectivity index (χ1v) is 18.0. The number of imidazole rings is 1. The van der Waals surface area contributed by atoms with Gasteiger partial charge in [-0.3, -0.25) is 4.98 Å². The summed E-state index contributed by atoms with van der Waals surface area (Å²) in [7, 11) is 0. The van der Waals surface area contributed by atoms with Gasteiger partial charge in [0.1, 0.15) is 5.58 Å². The van der Waals surface area contributed by atoms with E-state index in [1.807, 2.05) is 48.5 Å². The van der Waals surface area contributed by atoms with Gasteiger partial charge in [0.15, 0.2) is 0 Å². The van der Waals surface area contributed by atoms with E-state index in [-0.39, 0.29) is 31.2 Å². The molecule has 0 N–H and O–H groups in total. The van der Waals surface area contributed by atoms with Crippen molar-refractivity contribution in [1.82, 2.24) is 14.5 Å². The molecule has 0 aliphatic heterocycles. The van der Waals surface area contributed by atoms with Crippen molar-refractivity contribution in [2.75, 3.05) is 0 Å². The van der Waals surface area contributed by atoms with Crippen LogP contribution in [0, 0.1) is 32.8 Å². The van der Waals surface area contributed by atoms with E-state index in [0.29, 0.717) is 34.3 Å². The predicted octanol–water partition coefficient (Wildman–Crippen LogP) is 13.3. The Balaban J connectivity index is 0.000000179. The second-order valence-electron chi connectivity index (χ2n) is 14.1. The van der Waals surface area contributed by atoms with Gasteiger partial charge in [0.2, 0.25) is 0 Å². The van der Waals surface area contributed by atoms with Gasteiger partial charge in [0.05, 0.1) is 22.4 Å². The van der Waals surface area contributed by atoms with Crippen LogP contribution in [0.25, 0.3) is 72.1 Å². The molecule has 9 aromatic rings. The summed E-state index contributed by atoms with van der Waals surface area (Å²) in [4.78, 5) is 9.28. The van der Waals surface area contributed by atoms with Gasteiger partial charge in [-0.25, -0.2) is 0 Å². The molecule has 0 bridgehead atoms. The van der Waals surface area contributed by atoms with Gasteiger partial charge in [-0.05, 0) is 89.9 Å². The fourth-order valence-corrected chi connectivity index (χ4v) is 7.15. The Labute approximate surface area is 339 Å². The molecule has 0 saturated heterocycles. The monoisotopic (exact) mass is 888 g/mol. The van der Waals surface area contributed by atoms with Crippen LogP contribution in [-0.2, 0) is 20.1 Å². The molecule has 3 aromatic heterocycles. The zero-order chi connectivity index (χ0) is 41.8. The number of pyridine rings is 1. The van der Waals surface area contributed by atoms with Gasteiger partial charge in [-0.15, -0.1) is 54.1 Å². The van der Waals surface area contributed by atoms with Crippen molar-refractivity contribution in [2.24, 2.45) is 0 Å². The molecule has 0 atom stereocenters. The average molecular weight is 888 g/mol. The number of para-hydroxylation sites is 2. The molecule has 271 valence electrons. The van der Waals surface area contributed by atoms with Crippen molar-refractivity contribution >= 4 is 43.7 Å². The van der Waals surface area contributed by atoms with Gasteiger partial charge in [-0.1, -0.05) is 104 Å². The Morgan fingerprint density at radius 2 is 1.43 bits per heavy atom. The minimum absolute atomic E-state index is 0. The van der Waals surface area contributed by atoms with Crippen LogP contribution in [0.3, 0.4) is 0 Å². The predicted molar refractivity (Wildman–Crippen MR) is 221 cm³/mol. The fraction of sp³-hybridized carbons (Fsp3) is 0.184. The molecule has 0 aliphatic rings. The zero-order valence-corrected chi connectivity index (χ0v) is 33.2. The third kappa shape index (κ3) is 6.79. The molecule has 0 aliphatic carbocycles. The molecule has 4 nitrogen and oxygen atoms in total. The quantitative estimate of drug-likeness (QED) is 0.162. The summed E-state index contributed by atoms with van der Waals surface area (Å²) in [5, 5.41) is 3.91. The number of nitrogens with zero attached hydrogens (tertiary/aromatic N) is 3. The van der Waals surface area contributed by atoms with E-state index in [4.69, 9.17) is 17.6 Å². The molecule has 0 saturated carbocycles. The maximum atomic E-state index is 7.81. The van der Waals surface area contributed by atoms with Gasteiger partial charge in [-0.2, -0.15) is 0 Å². The molecule has 5 heteroatoms. The number of aryl methyl sites for hydroxylation is 3. The Hall–Kier alpha value is -5.35. The Bertz CT molecular complexity index is 2970. The molecule has 54 heavy (non-hydrogen) atoms. The van der Waals surface area contributed by atoms with E-state index in [1.165, 1.54) is 28.4 Å². The first-order valence-electron chi connectivity index (χ1n) is 21.0. The van der Waals surface area contributed by atoms with Crippen LogP contribution in [0.15, 0.2) is 126 Å². The Kier molecular flexibility index (Phi) is 8.44. The van der Waals surface area contributed by atoms with E-state index in [1.54, 1.807) is 6.07 Å². The standard InChI is InChI=1S/C26H27N2.C23H16NO.Ir/c1-17(2)21-15-19(5)16-22(18(3)4)25(21)28-24-14-10-9-13-23(24)27-26(28)20-11-7-6-8-12-20;1-14-10-21(24-13-15(14)2)19-9-5-8-18-20-11-16-6-3-4-7-17(16)12-22(20)25-23(18)19;/h6-11,13-18H,1-5H3;3-8,10-13H,1-2H3;/q2*-1;/i;1D3,2D3;. The van der Waals surface area contributed by atoms with Gasteiger partial charge in [0, 0.05) is 45.6 Å². The third-order valence-corrected chi connectivity index (χ3v) is 9.75. The summed E-state index contributed by atoms with van der Waals surface area (Å²) >= 11 is 0. The van der Waals surface area contributed by atoms with Crippen LogP contribution in [0.5, 0.6) is 0 Å². The van der Waals surface area contributed by atoms with Crippen LogP contribution in [0.1, 0.15) is 75.6 Å². The number of benzene rings is 6. The summed E-state index contributed by atoms with van der Waals surface area (Å²) in [5.41, 5.74) is 9.98. The maximum absolute atomic E-state index is 7.81. The number of hydrogen-bond acceptors (Lipinski definition) is 3. The smallest absolute Gasteiger partial charge is 0.121 e. The van der Waals surface area contributed by atoms with Crippen LogP contribution >= 0.6 is 0 Å². The van der Waals surface area contributed by atoms with Gasteiger partial charge in [0.25, 0.3) is 0 Å². The van der Waals surface area contributed by atoms with E-state index in [0.717, 1.165) is 50.2 Å². The third-order valence-electron chi connectivity index (χ3n) is 9.75. The Morgan fingerprint density at radius 3 is 2.13 bits per heavy atom. The molecule has 1 radical (unpaired) electrons.